The van der Waals surface area contributed by atoms with Crippen molar-refractivity contribution in [3.63, 3.8) is 0 Å². The first-order valence-electron chi connectivity index (χ1n) is 5.96. The van der Waals surface area contributed by atoms with Crippen molar-refractivity contribution in [2.24, 2.45) is 0 Å². The molecule has 0 saturated carbocycles. The normalized spacial score (nSPS) is 10.8. The second kappa shape index (κ2) is 8.30. The maximum atomic E-state index is 3.41. The lowest BCUT2D eigenvalue weighted by molar-refractivity contribution is 0.866. The van der Waals surface area contributed by atoms with Gasteiger partial charge in [0.25, 0.3) is 0 Å². The van der Waals surface area contributed by atoms with Crippen LogP contribution in [-0.2, 0) is 0 Å². The van der Waals surface area contributed by atoms with Gasteiger partial charge in [0.2, 0.25) is 0 Å². The largest absolute Gasteiger partial charge is 0.122 e. The summed E-state index contributed by atoms with van der Waals surface area (Å²) < 4.78 is 0. The summed E-state index contributed by atoms with van der Waals surface area (Å²) >= 11 is 0. The Morgan fingerprint density at radius 3 is 1.94 bits per heavy atom. The highest BCUT2D eigenvalue weighted by atomic mass is 31.0. The average molecular weight is 234 g/mol. The van der Waals surface area contributed by atoms with E-state index < -0.39 is 0 Å². The van der Waals surface area contributed by atoms with Crippen molar-refractivity contribution in [3.05, 3.63) is 41.5 Å². The molecule has 0 heterocycles. The van der Waals surface area contributed by atoms with E-state index in [0.717, 1.165) is 0 Å². The lowest BCUT2D eigenvalue weighted by atomic mass is 9.99. The Morgan fingerprint density at radius 1 is 1.12 bits per heavy atom. The highest BCUT2D eigenvalue weighted by Crippen LogP contribution is 2.18. The Kier molecular flexibility index (Phi) is 7.85. The maximum absolute atomic E-state index is 3.41. The van der Waals surface area contributed by atoms with Crippen LogP contribution in [0.4, 0.5) is 0 Å². The highest BCUT2D eigenvalue weighted by molar-refractivity contribution is 7.20. The third-order valence-electron chi connectivity index (χ3n) is 2.38. The minimum atomic E-state index is 0.602. The van der Waals surface area contributed by atoms with Gasteiger partial charge in [-0.05, 0) is 35.3 Å². The van der Waals surface area contributed by atoms with Crippen molar-refractivity contribution >= 4 is 20.2 Å². The van der Waals surface area contributed by atoms with E-state index in [1.165, 1.54) is 16.7 Å². The molecule has 0 atom stereocenters. The fourth-order valence-electron chi connectivity index (χ4n) is 1.39. The van der Waals surface area contributed by atoms with Gasteiger partial charge in [0.05, 0.1) is 0 Å². The van der Waals surface area contributed by atoms with Crippen molar-refractivity contribution in [1.29, 1.82) is 0 Å². The summed E-state index contributed by atoms with van der Waals surface area (Å²) in [6.45, 7) is 10.5. The molecule has 0 unspecified atom stereocenters. The van der Waals surface area contributed by atoms with Gasteiger partial charge in [-0.25, -0.2) is 0 Å². The van der Waals surface area contributed by atoms with E-state index in [-0.39, 0.29) is 0 Å². The van der Waals surface area contributed by atoms with E-state index in [1.54, 1.807) is 0 Å². The summed E-state index contributed by atoms with van der Waals surface area (Å²) in [5.74, 6) is 2.55. The highest BCUT2D eigenvalue weighted by Gasteiger charge is 1.99. The van der Waals surface area contributed by atoms with E-state index >= 15 is 0 Å². The zero-order valence-corrected chi connectivity index (χ0v) is 12.0. The minimum absolute atomic E-state index is 0.602. The molecule has 0 spiro atoms. The first-order valence-corrected chi connectivity index (χ1v) is 6.54. The molecule has 88 valence electrons. The van der Waals surface area contributed by atoms with Crippen LogP contribution in [-0.4, -0.2) is 5.80 Å². The van der Waals surface area contributed by atoms with Gasteiger partial charge in [0.15, 0.2) is 0 Å². The van der Waals surface area contributed by atoms with E-state index in [4.69, 9.17) is 0 Å². The van der Waals surface area contributed by atoms with Crippen molar-refractivity contribution in [2.45, 2.75) is 40.5 Å². The van der Waals surface area contributed by atoms with Crippen LogP contribution in [0.1, 0.15) is 51.7 Å². The zero-order valence-electron chi connectivity index (χ0n) is 11.0. The summed E-state index contributed by atoms with van der Waals surface area (Å²) in [4.78, 5) is 0. The van der Waals surface area contributed by atoms with Gasteiger partial charge in [-0.1, -0.05) is 58.0 Å². The van der Waals surface area contributed by atoms with Crippen molar-refractivity contribution in [2.75, 3.05) is 0 Å². The fourth-order valence-corrected chi connectivity index (χ4v) is 1.73. The maximum Gasteiger partial charge on any atom is -0.0184 e. The average Bonchev–Trinajstić information content (AvgIpc) is 2.34. The molecule has 1 heteroatoms. The molecule has 0 saturated heterocycles. The first kappa shape index (κ1) is 15.1. The van der Waals surface area contributed by atoms with Crippen LogP contribution in [0.3, 0.4) is 0 Å². The number of rotatable bonds is 3. The van der Waals surface area contributed by atoms with Crippen LogP contribution in [0.2, 0.25) is 0 Å². The van der Waals surface area contributed by atoms with Gasteiger partial charge in [0, 0.05) is 0 Å². The number of hydrogen-bond donors (Lipinski definition) is 0. The van der Waals surface area contributed by atoms with Gasteiger partial charge in [-0.3, -0.25) is 0 Å². The summed E-state index contributed by atoms with van der Waals surface area (Å²) in [5.41, 5.74) is 3.86. The standard InChI is InChI=1S/C13H17P.C2H6/c1-4-11(9-14)13-7-5-12(6-8-13)10(2)3;1-2/h4-10,14H,1-3H3;1-2H3/b11-4+;. The summed E-state index contributed by atoms with van der Waals surface area (Å²) in [6, 6.07) is 8.72. The molecule has 0 aliphatic heterocycles. The summed E-state index contributed by atoms with van der Waals surface area (Å²) in [5, 5.41) is 0. The molecule has 1 aromatic rings. The minimum Gasteiger partial charge on any atom is -0.122 e. The van der Waals surface area contributed by atoms with Crippen LogP contribution in [0, 0.1) is 0 Å². The predicted molar refractivity (Wildman–Crippen MR) is 79.9 cm³/mol. The molecule has 0 aliphatic rings. The molecule has 0 fully saturated rings. The molecule has 0 aliphatic carbocycles. The third-order valence-corrected chi connectivity index (χ3v) is 2.69. The molecule has 1 rings (SSSR count). The Morgan fingerprint density at radius 2 is 1.62 bits per heavy atom. The van der Waals surface area contributed by atoms with Crippen molar-refractivity contribution in [1.82, 2.24) is 0 Å². The Labute approximate surface area is 103 Å². The molecule has 0 radical (unpaired) electrons. The predicted octanol–water partition coefficient (Wildman–Crippen LogP) is 5.18. The Bertz CT molecular complexity index is 331. The molecule has 0 amide bonds. The molecule has 16 heavy (non-hydrogen) atoms. The Balaban J connectivity index is 0.00000106. The van der Waals surface area contributed by atoms with E-state index in [0.29, 0.717) is 5.92 Å². The molecule has 0 N–H and O–H groups in total. The van der Waals surface area contributed by atoms with Gasteiger partial charge in [-0.15, -0.1) is 8.86 Å². The first-order chi connectivity index (χ1) is 7.69. The van der Waals surface area contributed by atoms with Gasteiger partial charge in [0.1, 0.15) is 0 Å². The van der Waals surface area contributed by atoms with Crippen LogP contribution in [0.5, 0.6) is 0 Å². The second-order valence-corrected chi connectivity index (χ2v) is 3.95. The lowest BCUT2D eigenvalue weighted by Crippen LogP contribution is -1.89. The second-order valence-electron chi connectivity index (χ2n) is 3.67. The number of benzene rings is 1. The molecular weight excluding hydrogens is 211 g/mol. The summed E-state index contributed by atoms with van der Waals surface area (Å²) in [7, 11) is 3.41. The fraction of sp³-hybridized carbons (Fsp3) is 0.400. The van der Waals surface area contributed by atoms with Gasteiger partial charge in [-0.2, -0.15) is 0 Å². The zero-order chi connectivity index (χ0) is 12.6. The van der Waals surface area contributed by atoms with Gasteiger partial charge >= 0.3 is 0 Å². The third kappa shape index (κ3) is 4.33. The quantitative estimate of drug-likeness (QED) is 0.632. The van der Waals surface area contributed by atoms with Crippen molar-refractivity contribution < 1.29 is 0 Å². The van der Waals surface area contributed by atoms with E-state index in [2.05, 4.69) is 53.1 Å². The monoisotopic (exact) mass is 234 g/mol. The molecule has 1 aromatic carbocycles. The lowest BCUT2D eigenvalue weighted by Gasteiger charge is -2.06. The SMILES string of the molecule is C/C=C(\C=P)c1ccc(C(C)C)cc1.CC. The molecule has 0 bridgehead atoms. The smallest absolute Gasteiger partial charge is 0.0184 e. The molecule has 0 nitrogen and oxygen atoms in total. The topological polar surface area (TPSA) is 0 Å². The van der Waals surface area contributed by atoms with E-state index in [9.17, 15) is 0 Å². The van der Waals surface area contributed by atoms with Crippen LogP contribution in [0.25, 0.3) is 5.57 Å². The summed E-state index contributed by atoms with van der Waals surface area (Å²) in [6.07, 6.45) is 2.09. The van der Waals surface area contributed by atoms with Crippen LogP contribution < -0.4 is 0 Å². The molecule has 0 aromatic heterocycles. The Hall–Kier alpha value is -0.870. The van der Waals surface area contributed by atoms with Crippen molar-refractivity contribution in [3.8, 4) is 0 Å². The molecular formula is C15H23P. The number of allylic oxidation sites excluding steroid dienone is 2. The van der Waals surface area contributed by atoms with E-state index in [1.807, 2.05) is 26.6 Å². The number of hydrogen-bond acceptors (Lipinski definition) is 0. The van der Waals surface area contributed by atoms with Crippen LogP contribution in [0.15, 0.2) is 30.3 Å². The van der Waals surface area contributed by atoms with Crippen LogP contribution >= 0.6 is 8.86 Å². The van der Waals surface area contributed by atoms with Gasteiger partial charge < -0.3 is 0 Å².